The van der Waals surface area contributed by atoms with E-state index < -0.39 is 0 Å². The molecule has 0 unspecified atom stereocenters. The van der Waals surface area contributed by atoms with Crippen molar-refractivity contribution in [1.29, 1.82) is 0 Å². The Kier molecular flexibility index (Phi) is 8.03. The number of methoxy groups -OCH3 is 2. The second-order valence-corrected chi connectivity index (χ2v) is 10.5. The second-order valence-electron chi connectivity index (χ2n) is 9.45. The molecule has 1 atom stereocenters. The molecule has 2 fully saturated rings. The van der Waals surface area contributed by atoms with Crippen molar-refractivity contribution in [2.24, 2.45) is 5.41 Å². The molecule has 0 radical (unpaired) electrons. The van der Waals surface area contributed by atoms with Crippen LogP contribution >= 0.6 is 11.3 Å². The Morgan fingerprint density at radius 3 is 2.61 bits per heavy atom. The lowest BCUT2D eigenvalue weighted by Crippen LogP contribution is -2.44. The standard InChI is InChI=1S/C24H35NO5S/c1-23(2,3)10-8-19-14-20(21(31-19)22(26)27-4)25-17-6-11-24(28-5,12-7-17)16-30-18-9-13-29-15-18/h14,17-18,25H,6-7,9,11-13,15-16H2,1-5H3/t17-,18-,24-/m0/s1. The van der Waals surface area contributed by atoms with Crippen LogP contribution in [0.15, 0.2) is 6.07 Å². The molecular weight excluding hydrogens is 414 g/mol. The number of carbonyl (C=O) groups excluding carboxylic acids is 1. The lowest BCUT2D eigenvalue weighted by atomic mass is 9.82. The summed E-state index contributed by atoms with van der Waals surface area (Å²) < 4.78 is 22.4. The minimum Gasteiger partial charge on any atom is -0.465 e. The van der Waals surface area contributed by atoms with Gasteiger partial charge in [-0.05, 0) is 58.9 Å². The first-order valence-corrected chi connectivity index (χ1v) is 11.8. The molecule has 3 rings (SSSR count). The minimum absolute atomic E-state index is 0.0947. The molecule has 1 N–H and O–H groups in total. The van der Waals surface area contributed by atoms with Crippen molar-refractivity contribution in [2.45, 2.75) is 70.6 Å². The minimum atomic E-state index is -0.328. The van der Waals surface area contributed by atoms with Gasteiger partial charge < -0.3 is 24.3 Å². The zero-order valence-electron chi connectivity index (χ0n) is 19.3. The molecule has 2 heterocycles. The van der Waals surface area contributed by atoms with E-state index in [9.17, 15) is 4.79 Å². The molecule has 1 saturated heterocycles. The summed E-state index contributed by atoms with van der Waals surface area (Å²) in [5.74, 6) is 6.11. The zero-order chi connectivity index (χ0) is 22.5. The van der Waals surface area contributed by atoms with Gasteiger partial charge in [0, 0.05) is 25.2 Å². The van der Waals surface area contributed by atoms with Crippen LogP contribution in [0.25, 0.3) is 0 Å². The van der Waals surface area contributed by atoms with Crippen LogP contribution in [0.4, 0.5) is 5.69 Å². The summed E-state index contributed by atoms with van der Waals surface area (Å²) in [4.78, 5) is 13.7. The summed E-state index contributed by atoms with van der Waals surface area (Å²) in [5, 5.41) is 3.57. The molecule has 172 valence electrons. The van der Waals surface area contributed by atoms with E-state index in [0.29, 0.717) is 18.1 Å². The summed E-state index contributed by atoms with van der Waals surface area (Å²) in [5.41, 5.74) is 0.469. The Bertz CT molecular complexity index is 802. The van der Waals surface area contributed by atoms with Gasteiger partial charge in [0.25, 0.3) is 0 Å². The first-order chi connectivity index (χ1) is 14.7. The van der Waals surface area contributed by atoms with Gasteiger partial charge in [-0.2, -0.15) is 0 Å². The molecule has 1 saturated carbocycles. The number of anilines is 1. The van der Waals surface area contributed by atoms with E-state index in [4.69, 9.17) is 18.9 Å². The van der Waals surface area contributed by atoms with E-state index in [-0.39, 0.29) is 29.1 Å². The van der Waals surface area contributed by atoms with Crippen molar-refractivity contribution >= 4 is 23.0 Å². The highest BCUT2D eigenvalue weighted by Gasteiger charge is 2.37. The average Bonchev–Trinajstić information content (AvgIpc) is 3.41. The SMILES string of the molecule is COC(=O)c1sc(C#CC(C)(C)C)cc1N[C@H]1CC[C@](CO[C@H]2CCOC2)(OC)CC1. The highest BCUT2D eigenvalue weighted by molar-refractivity contribution is 7.15. The number of nitrogens with one attached hydrogen (secondary N) is 1. The molecule has 1 aliphatic heterocycles. The maximum atomic E-state index is 12.3. The molecule has 0 bridgehead atoms. The van der Waals surface area contributed by atoms with Gasteiger partial charge >= 0.3 is 5.97 Å². The molecule has 7 heteroatoms. The fraction of sp³-hybridized carbons (Fsp3) is 0.708. The molecule has 0 spiro atoms. The van der Waals surface area contributed by atoms with Gasteiger partial charge in [0.15, 0.2) is 0 Å². The third kappa shape index (κ3) is 6.69. The van der Waals surface area contributed by atoms with Crippen molar-refractivity contribution < 1.29 is 23.7 Å². The Hall–Kier alpha value is -1.59. The van der Waals surface area contributed by atoms with Crippen LogP contribution in [0.3, 0.4) is 0 Å². The van der Waals surface area contributed by atoms with Crippen molar-refractivity contribution in [3.63, 3.8) is 0 Å². The normalized spacial score (nSPS) is 26.2. The molecule has 6 nitrogen and oxygen atoms in total. The summed E-state index contributed by atoms with van der Waals surface area (Å²) in [7, 11) is 3.19. The number of hydrogen-bond acceptors (Lipinski definition) is 7. The number of hydrogen-bond donors (Lipinski definition) is 1. The smallest absolute Gasteiger partial charge is 0.350 e. The van der Waals surface area contributed by atoms with E-state index in [1.165, 1.54) is 18.4 Å². The van der Waals surface area contributed by atoms with E-state index in [2.05, 4.69) is 37.9 Å². The Morgan fingerprint density at radius 1 is 1.29 bits per heavy atom. The Labute approximate surface area is 190 Å². The maximum Gasteiger partial charge on any atom is 0.350 e. The number of ether oxygens (including phenoxy) is 4. The molecule has 1 aromatic heterocycles. The number of rotatable bonds is 7. The van der Waals surface area contributed by atoms with Crippen molar-refractivity contribution in [1.82, 2.24) is 0 Å². The highest BCUT2D eigenvalue weighted by atomic mass is 32.1. The predicted molar refractivity (Wildman–Crippen MR) is 123 cm³/mol. The van der Waals surface area contributed by atoms with Crippen molar-refractivity contribution in [3.05, 3.63) is 15.8 Å². The summed E-state index contributed by atoms with van der Waals surface area (Å²) in [6.45, 7) is 8.27. The van der Waals surface area contributed by atoms with Gasteiger partial charge in [-0.3, -0.25) is 0 Å². The van der Waals surface area contributed by atoms with E-state index in [1.54, 1.807) is 7.11 Å². The molecule has 0 aromatic carbocycles. The zero-order valence-corrected chi connectivity index (χ0v) is 20.2. The van der Waals surface area contributed by atoms with Gasteiger partial charge in [-0.25, -0.2) is 4.79 Å². The highest BCUT2D eigenvalue weighted by Crippen LogP contribution is 2.36. The topological polar surface area (TPSA) is 66.0 Å². The van der Waals surface area contributed by atoms with E-state index >= 15 is 0 Å². The average molecular weight is 450 g/mol. The van der Waals surface area contributed by atoms with Crippen LogP contribution in [0.2, 0.25) is 0 Å². The largest absolute Gasteiger partial charge is 0.465 e. The third-order valence-electron chi connectivity index (χ3n) is 5.82. The summed E-state index contributed by atoms with van der Waals surface area (Å²) >= 11 is 1.38. The van der Waals surface area contributed by atoms with Crippen LogP contribution in [0, 0.1) is 17.3 Å². The quantitative estimate of drug-likeness (QED) is 0.489. The van der Waals surface area contributed by atoms with Gasteiger partial charge in [0.1, 0.15) is 4.88 Å². The van der Waals surface area contributed by atoms with Crippen LogP contribution < -0.4 is 5.32 Å². The lowest BCUT2D eigenvalue weighted by Gasteiger charge is -2.39. The first-order valence-electron chi connectivity index (χ1n) is 11.0. The van der Waals surface area contributed by atoms with Crippen molar-refractivity contribution in [2.75, 3.05) is 39.4 Å². The third-order valence-corrected chi connectivity index (χ3v) is 6.85. The lowest BCUT2D eigenvalue weighted by molar-refractivity contribution is -0.114. The van der Waals surface area contributed by atoms with Gasteiger partial charge in [0.05, 0.1) is 42.6 Å². The molecule has 1 aliphatic carbocycles. The maximum absolute atomic E-state index is 12.3. The fourth-order valence-electron chi connectivity index (χ4n) is 3.88. The van der Waals surface area contributed by atoms with Crippen molar-refractivity contribution in [3.8, 4) is 11.8 Å². The predicted octanol–water partition coefficient (Wildman–Crippen LogP) is 4.48. The van der Waals surface area contributed by atoms with Gasteiger partial charge in [-0.1, -0.05) is 11.8 Å². The number of esters is 1. The van der Waals surface area contributed by atoms with E-state index in [0.717, 1.165) is 49.3 Å². The molecule has 2 aliphatic rings. The summed E-state index contributed by atoms with van der Waals surface area (Å²) in [6, 6.07) is 2.23. The Morgan fingerprint density at radius 2 is 2.03 bits per heavy atom. The Balaban J connectivity index is 1.63. The molecule has 0 amide bonds. The second kappa shape index (κ2) is 10.4. The van der Waals surface area contributed by atoms with Crippen LogP contribution in [-0.2, 0) is 18.9 Å². The number of thiophene rings is 1. The fourth-order valence-corrected chi connectivity index (χ4v) is 4.78. The van der Waals surface area contributed by atoms with E-state index in [1.807, 2.05) is 6.07 Å². The van der Waals surface area contributed by atoms with Gasteiger partial charge in [-0.15, -0.1) is 11.3 Å². The molecular formula is C24H35NO5S. The van der Waals surface area contributed by atoms with Crippen LogP contribution in [0.5, 0.6) is 0 Å². The van der Waals surface area contributed by atoms with Crippen LogP contribution in [-0.4, -0.2) is 57.8 Å². The first kappa shape index (κ1) is 24.1. The molecule has 1 aromatic rings. The number of carbonyl (C=O) groups is 1. The van der Waals surface area contributed by atoms with Gasteiger partial charge in [0.2, 0.25) is 0 Å². The monoisotopic (exact) mass is 449 g/mol. The van der Waals surface area contributed by atoms with Crippen LogP contribution in [0.1, 0.15) is 67.4 Å². The summed E-state index contributed by atoms with van der Waals surface area (Å²) in [6.07, 6.45) is 4.84. The molecule has 31 heavy (non-hydrogen) atoms.